The van der Waals surface area contributed by atoms with Gasteiger partial charge in [-0.15, -0.1) is 5.56 Å². The zero-order valence-corrected chi connectivity index (χ0v) is 22.2. The minimum Gasteiger partial charge on any atom is -0.496 e. The van der Waals surface area contributed by atoms with Crippen LogP contribution < -0.4 is 23.6 Å². The second-order valence-corrected chi connectivity index (χ2v) is 12.5. The molecule has 0 heterocycles. The van der Waals surface area contributed by atoms with Gasteiger partial charge in [-0.1, -0.05) is 95.6 Å². The average Bonchev–Trinajstić information content (AvgIpc) is 3.13. The third-order valence-corrected chi connectivity index (χ3v) is 6.85. The molecule has 0 atom stereocenters. The number of allylic oxidation sites excluding steroid dienone is 1. The van der Waals surface area contributed by atoms with E-state index >= 15 is 0 Å². The fourth-order valence-electron chi connectivity index (χ4n) is 5.43. The molecule has 0 aromatic heterocycles. The number of methoxy groups -OCH3 is 1. The van der Waals surface area contributed by atoms with Crippen molar-refractivity contribution in [3.05, 3.63) is 63.6 Å². The topological polar surface area (TPSA) is 9.23 Å². The summed E-state index contributed by atoms with van der Waals surface area (Å²) in [5, 5.41) is 0. The molecule has 0 fully saturated rings. The summed E-state index contributed by atoms with van der Waals surface area (Å²) >= 11 is 0. The van der Waals surface area contributed by atoms with Crippen LogP contribution in [-0.4, -0.2) is 7.11 Å². The van der Waals surface area contributed by atoms with E-state index in [1.807, 2.05) is 7.11 Å². The Morgan fingerprint density at radius 3 is 1.97 bits per heavy atom. The Morgan fingerprint density at radius 2 is 1.47 bits per heavy atom. The van der Waals surface area contributed by atoms with Gasteiger partial charge in [0.05, 0.1) is 7.11 Å². The second kappa shape index (κ2) is 8.04. The molecular formula is C30H39LiO. The van der Waals surface area contributed by atoms with Gasteiger partial charge in [-0.2, -0.15) is 18.1 Å². The van der Waals surface area contributed by atoms with Gasteiger partial charge in [-0.3, -0.25) is 0 Å². The molecule has 0 N–H and O–H groups in total. The summed E-state index contributed by atoms with van der Waals surface area (Å²) in [5.74, 6) is 1.05. The molecule has 0 spiro atoms. The maximum Gasteiger partial charge on any atom is 1.00 e. The fourth-order valence-corrected chi connectivity index (χ4v) is 5.43. The first-order valence-corrected chi connectivity index (χ1v) is 11.7. The van der Waals surface area contributed by atoms with E-state index in [-0.39, 0.29) is 35.1 Å². The largest absolute Gasteiger partial charge is 1.00 e. The van der Waals surface area contributed by atoms with Crippen molar-refractivity contribution in [2.45, 2.75) is 86.0 Å². The molecule has 2 aromatic carbocycles. The maximum absolute atomic E-state index is 6.04. The van der Waals surface area contributed by atoms with Gasteiger partial charge in [0.15, 0.2) is 0 Å². The third-order valence-electron chi connectivity index (χ3n) is 6.85. The summed E-state index contributed by atoms with van der Waals surface area (Å²) in [5.41, 5.74) is 13.0. The fraction of sp³-hybridized carbons (Fsp3) is 0.500. The minimum atomic E-state index is 0. The van der Waals surface area contributed by atoms with Crippen molar-refractivity contribution >= 4 is 6.08 Å². The van der Waals surface area contributed by atoms with Gasteiger partial charge in [-0.05, 0) is 41.9 Å². The molecule has 166 valence electrons. The smallest absolute Gasteiger partial charge is 0.496 e. The van der Waals surface area contributed by atoms with Crippen LogP contribution in [0.1, 0.15) is 95.7 Å². The molecule has 0 saturated heterocycles. The van der Waals surface area contributed by atoms with Crippen molar-refractivity contribution in [2.24, 2.45) is 5.41 Å². The van der Waals surface area contributed by atoms with E-state index < -0.39 is 0 Å². The minimum absolute atomic E-state index is 0. The Bertz CT molecular complexity index is 1050. The summed E-state index contributed by atoms with van der Waals surface area (Å²) < 4.78 is 6.04. The van der Waals surface area contributed by atoms with E-state index in [2.05, 4.69) is 93.0 Å². The Kier molecular flexibility index (Phi) is 6.30. The number of hydrogen-bond acceptors (Lipinski definition) is 1. The summed E-state index contributed by atoms with van der Waals surface area (Å²) in [6.45, 7) is 20.8. The van der Waals surface area contributed by atoms with Crippen LogP contribution in [0.3, 0.4) is 0 Å². The van der Waals surface area contributed by atoms with Crippen molar-refractivity contribution < 1.29 is 23.6 Å². The SMILES string of the molecule is COc1c(C(C)(C)C)cc(-c2c3c(cc4c2CC(C)(C)[CH-]4)C=C(C)C3)cc1C(C)(C)C.[Li+]. The number of rotatable bonds is 2. The average molecular weight is 423 g/mol. The summed E-state index contributed by atoms with van der Waals surface area (Å²) in [6.07, 6.45) is 7.02. The van der Waals surface area contributed by atoms with Crippen LogP contribution in [0.4, 0.5) is 0 Å². The van der Waals surface area contributed by atoms with E-state index in [0.29, 0.717) is 0 Å². The number of ether oxygens (including phenoxy) is 1. The van der Waals surface area contributed by atoms with Crippen molar-refractivity contribution in [3.63, 3.8) is 0 Å². The van der Waals surface area contributed by atoms with Crippen molar-refractivity contribution in [2.75, 3.05) is 7.11 Å². The molecule has 0 amide bonds. The molecule has 4 rings (SSSR count). The van der Waals surface area contributed by atoms with Gasteiger partial charge in [-0.25, -0.2) is 0 Å². The molecule has 2 aromatic rings. The predicted molar refractivity (Wildman–Crippen MR) is 134 cm³/mol. The van der Waals surface area contributed by atoms with Gasteiger partial charge in [0.1, 0.15) is 5.75 Å². The normalized spacial score (nSPS) is 16.6. The van der Waals surface area contributed by atoms with Crippen LogP contribution >= 0.6 is 0 Å². The Morgan fingerprint density at radius 1 is 0.906 bits per heavy atom. The Balaban J connectivity index is 0.00000289. The number of fused-ring (bicyclic) bond motifs is 2. The second-order valence-electron chi connectivity index (χ2n) is 12.5. The van der Waals surface area contributed by atoms with Crippen LogP contribution in [-0.2, 0) is 23.7 Å². The molecule has 2 aliphatic carbocycles. The van der Waals surface area contributed by atoms with Gasteiger partial charge >= 0.3 is 18.9 Å². The van der Waals surface area contributed by atoms with E-state index in [0.717, 1.165) is 18.6 Å². The summed E-state index contributed by atoms with van der Waals surface area (Å²) in [6, 6.07) is 7.27. The van der Waals surface area contributed by atoms with Gasteiger partial charge in [0.25, 0.3) is 0 Å². The molecule has 2 heteroatoms. The first-order valence-electron chi connectivity index (χ1n) is 11.7. The van der Waals surface area contributed by atoms with Crippen molar-refractivity contribution in [3.8, 4) is 16.9 Å². The predicted octanol–water partition coefficient (Wildman–Crippen LogP) is 5.06. The van der Waals surface area contributed by atoms with Crippen LogP contribution in [0.25, 0.3) is 17.2 Å². The monoisotopic (exact) mass is 422 g/mol. The molecule has 2 aliphatic rings. The zero-order chi connectivity index (χ0) is 22.9. The van der Waals surface area contributed by atoms with Crippen molar-refractivity contribution in [1.29, 1.82) is 0 Å². The first-order chi connectivity index (χ1) is 14.2. The molecule has 0 radical (unpaired) electrons. The van der Waals surface area contributed by atoms with Gasteiger partial charge in [0.2, 0.25) is 0 Å². The molecule has 32 heavy (non-hydrogen) atoms. The molecule has 0 saturated carbocycles. The van der Waals surface area contributed by atoms with Crippen LogP contribution in [0, 0.1) is 11.8 Å². The van der Waals surface area contributed by atoms with Gasteiger partial charge < -0.3 is 4.74 Å². The number of benzene rings is 2. The van der Waals surface area contributed by atoms with E-state index in [4.69, 9.17) is 4.74 Å². The summed E-state index contributed by atoms with van der Waals surface area (Å²) in [4.78, 5) is 0. The van der Waals surface area contributed by atoms with E-state index in [1.54, 1.807) is 0 Å². The zero-order valence-electron chi connectivity index (χ0n) is 22.2. The first kappa shape index (κ1) is 25.1. The molecule has 1 nitrogen and oxygen atoms in total. The molecule has 0 bridgehead atoms. The van der Waals surface area contributed by atoms with Crippen LogP contribution in [0.2, 0.25) is 0 Å². The van der Waals surface area contributed by atoms with Gasteiger partial charge in [0, 0.05) is 11.1 Å². The Hall–Kier alpha value is -1.55. The van der Waals surface area contributed by atoms with Crippen LogP contribution in [0.15, 0.2) is 23.8 Å². The molecule has 0 unspecified atom stereocenters. The summed E-state index contributed by atoms with van der Waals surface area (Å²) in [7, 11) is 1.82. The Labute approximate surface area is 208 Å². The quantitative estimate of drug-likeness (QED) is 0.486. The molecule has 0 aliphatic heterocycles. The van der Waals surface area contributed by atoms with Crippen molar-refractivity contribution in [1.82, 2.24) is 0 Å². The van der Waals surface area contributed by atoms with E-state index in [1.165, 1.54) is 50.1 Å². The number of hydrogen-bond donors (Lipinski definition) is 0. The molecular weight excluding hydrogens is 383 g/mol. The third kappa shape index (κ3) is 4.32. The van der Waals surface area contributed by atoms with Crippen LogP contribution in [0.5, 0.6) is 5.75 Å². The standard InChI is InChI=1S/C30H39O.Li/c1-18-11-19-13-21-16-30(8,9)17-23(21)26(22(19)12-18)20-14-24(28(2,3)4)27(31-10)25(15-20)29(5,6)7;/h11,13-16H,12,17H2,1-10H3;/q-1;+1. The van der Waals surface area contributed by atoms with E-state index in [9.17, 15) is 0 Å². The maximum atomic E-state index is 6.04.